The van der Waals surface area contributed by atoms with Crippen LogP contribution >= 0.6 is 0 Å². The van der Waals surface area contributed by atoms with Crippen molar-refractivity contribution in [3.63, 3.8) is 0 Å². The summed E-state index contributed by atoms with van der Waals surface area (Å²) < 4.78 is 28.2. The predicted molar refractivity (Wildman–Crippen MR) is 75.1 cm³/mol. The molecule has 0 aliphatic heterocycles. The summed E-state index contributed by atoms with van der Waals surface area (Å²) in [6, 6.07) is 3.87. The lowest BCUT2D eigenvalue weighted by Gasteiger charge is -2.21. The van der Waals surface area contributed by atoms with Gasteiger partial charge in [-0.3, -0.25) is 9.48 Å². The second-order valence-corrected chi connectivity index (χ2v) is 5.45. The molecule has 0 N–H and O–H groups in total. The van der Waals surface area contributed by atoms with Gasteiger partial charge in [-0.05, 0) is 31.0 Å². The van der Waals surface area contributed by atoms with Crippen LogP contribution in [-0.4, -0.2) is 16.1 Å². The molecule has 5 heteroatoms. The van der Waals surface area contributed by atoms with Gasteiger partial charge in [0, 0.05) is 11.8 Å². The first-order chi connectivity index (χ1) is 10.2. The van der Waals surface area contributed by atoms with Gasteiger partial charge in [-0.2, -0.15) is 5.10 Å². The molecule has 1 aromatic heterocycles. The third kappa shape index (κ3) is 2.73. The Morgan fingerprint density at radius 3 is 2.57 bits per heavy atom. The summed E-state index contributed by atoms with van der Waals surface area (Å²) in [4.78, 5) is 11.2. The highest BCUT2D eigenvalue weighted by Crippen LogP contribution is 2.30. The Balaban J connectivity index is 1.99. The van der Waals surface area contributed by atoms with Gasteiger partial charge < -0.3 is 0 Å². The van der Waals surface area contributed by atoms with Crippen molar-refractivity contribution in [2.45, 2.75) is 38.1 Å². The van der Waals surface area contributed by atoms with Crippen LogP contribution in [0, 0.1) is 11.6 Å². The van der Waals surface area contributed by atoms with E-state index in [0.29, 0.717) is 23.1 Å². The average molecular weight is 290 g/mol. The molecule has 110 valence electrons. The van der Waals surface area contributed by atoms with E-state index < -0.39 is 11.6 Å². The minimum atomic E-state index is -0.934. The lowest BCUT2D eigenvalue weighted by Crippen LogP contribution is -2.13. The lowest BCUT2D eigenvalue weighted by atomic mass is 9.96. The molecule has 0 atom stereocenters. The van der Waals surface area contributed by atoms with Gasteiger partial charge in [0.05, 0.1) is 11.6 Å². The van der Waals surface area contributed by atoms with Crippen molar-refractivity contribution in [3.8, 4) is 11.3 Å². The smallest absolute Gasteiger partial charge is 0.159 e. The average Bonchev–Trinajstić information content (AvgIpc) is 2.95. The van der Waals surface area contributed by atoms with Crippen LogP contribution in [0.15, 0.2) is 24.4 Å². The molecule has 1 aliphatic rings. The van der Waals surface area contributed by atoms with Gasteiger partial charge in [0.25, 0.3) is 0 Å². The predicted octanol–water partition coefficient (Wildman–Crippen LogP) is 4.15. The molecule has 1 heterocycles. The van der Waals surface area contributed by atoms with E-state index in [9.17, 15) is 13.6 Å². The molecule has 0 radical (unpaired) electrons. The van der Waals surface area contributed by atoms with Crippen LogP contribution in [0.25, 0.3) is 11.3 Å². The van der Waals surface area contributed by atoms with Crippen molar-refractivity contribution < 1.29 is 13.6 Å². The molecule has 0 saturated heterocycles. The van der Waals surface area contributed by atoms with Gasteiger partial charge in [0.15, 0.2) is 17.9 Å². The highest BCUT2D eigenvalue weighted by molar-refractivity contribution is 5.85. The van der Waals surface area contributed by atoms with Crippen LogP contribution < -0.4 is 0 Å². The molecular formula is C16H16F2N2O. The SMILES string of the molecule is O=Cc1cn(C2CCCCC2)nc1-c1ccc(F)c(F)c1. The van der Waals surface area contributed by atoms with E-state index in [-0.39, 0.29) is 6.04 Å². The number of rotatable bonds is 3. The number of carbonyl (C=O) groups excluding carboxylic acids is 1. The molecule has 3 nitrogen and oxygen atoms in total. The summed E-state index contributed by atoms with van der Waals surface area (Å²) in [5, 5.41) is 4.44. The third-order valence-corrected chi connectivity index (χ3v) is 4.03. The number of carbonyl (C=O) groups is 1. The molecule has 1 fully saturated rings. The van der Waals surface area contributed by atoms with Crippen LogP contribution in [0.3, 0.4) is 0 Å². The maximum Gasteiger partial charge on any atom is 0.159 e. The summed E-state index contributed by atoms with van der Waals surface area (Å²) in [5.74, 6) is -1.84. The zero-order valence-corrected chi connectivity index (χ0v) is 11.6. The van der Waals surface area contributed by atoms with E-state index >= 15 is 0 Å². The number of hydrogen-bond donors (Lipinski definition) is 0. The number of benzene rings is 1. The Morgan fingerprint density at radius 1 is 1.14 bits per heavy atom. The summed E-state index contributed by atoms with van der Waals surface area (Å²) >= 11 is 0. The van der Waals surface area contributed by atoms with E-state index in [1.54, 1.807) is 10.9 Å². The second-order valence-electron chi connectivity index (χ2n) is 5.45. The second kappa shape index (κ2) is 5.76. The largest absolute Gasteiger partial charge is 0.298 e. The first-order valence-corrected chi connectivity index (χ1v) is 7.19. The van der Waals surface area contributed by atoms with Crippen molar-refractivity contribution in [1.82, 2.24) is 9.78 Å². The molecule has 1 aliphatic carbocycles. The van der Waals surface area contributed by atoms with Crippen LogP contribution in [0.5, 0.6) is 0 Å². The van der Waals surface area contributed by atoms with Gasteiger partial charge in [-0.15, -0.1) is 0 Å². The van der Waals surface area contributed by atoms with E-state index in [2.05, 4.69) is 5.10 Å². The maximum absolute atomic E-state index is 13.4. The zero-order valence-electron chi connectivity index (χ0n) is 11.6. The summed E-state index contributed by atoms with van der Waals surface area (Å²) in [6.07, 6.45) is 8.04. The van der Waals surface area contributed by atoms with Crippen LogP contribution in [0.1, 0.15) is 48.5 Å². The molecule has 2 aromatic rings. The molecular weight excluding hydrogens is 274 g/mol. The molecule has 1 aromatic carbocycles. The van der Waals surface area contributed by atoms with Gasteiger partial charge in [-0.1, -0.05) is 19.3 Å². The van der Waals surface area contributed by atoms with Crippen molar-refractivity contribution in [2.24, 2.45) is 0 Å². The Hall–Kier alpha value is -2.04. The number of halogens is 2. The van der Waals surface area contributed by atoms with Gasteiger partial charge in [0.2, 0.25) is 0 Å². The zero-order chi connectivity index (χ0) is 14.8. The minimum absolute atomic E-state index is 0.288. The molecule has 3 rings (SSSR count). The highest BCUT2D eigenvalue weighted by atomic mass is 19.2. The van der Waals surface area contributed by atoms with E-state index in [4.69, 9.17) is 0 Å². The fraction of sp³-hybridized carbons (Fsp3) is 0.375. The van der Waals surface area contributed by atoms with Crippen LogP contribution in [0.2, 0.25) is 0 Å². The monoisotopic (exact) mass is 290 g/mol. The number of nitrogens with zero attached hydrogens (tertiary/aromatic N) is 2. The van der Waals surface area contributed by atoms with E-state index in [1.807, 2.05) is 0 Å². The van der Waals surface area contributed by atoms with Crippen molar-refractivity contribution >= 4 is 6.29 Å². The van der Waals surface area contributed by atoms with Crippen LogP contribution in [-0.2, 0) is 0 Å². The summed E-state index contributed by atoms with van der Waals surface area (Å²) in [5.41, 5.74) is 1.24. The maximum atomic E-state index is 13.4. The van der Waals surface area contributed by atoms with E-state index in [0.717, 1.165) is 37.8 Å². The van der Waals surface area contributed by atoms with Crippen molar-refractivity contribution in [1.29, 1.82) is 0 Å². The molecule has 0 amide bonds. The molecule has 0 spiro atoms. The Morgan fingerprint density at radius 2 is 1.90 bits per heavy atom. The molecule has 1 saturated carbocycles. The third-order valence-electron chi connectivity index (χ3n) is 4.03. The lowest BCUT2D eigenvalue weighted by molar-refractivity contribution is 0.112. The van der Waals surface area contributed by atoms with Gasteiger partial charge in [-0.25, -0.2) is 8.78 Å². The minimum Gasteiger partial charge on any atom is -0.298 e. The van der Waals surface area contributed by atoms with Crippen molar-refractivity contribution in [2.75, 3.05) is 0 Å². The molecule has 0 bridgehead atoms. The topological polar surface area (TPSA) is 34.9 Å². The normalized spacial score (nSPS) is 16.1. The summed E-state index contributed by atoms with van der Waals surface area (Å²) in [7, 11) is 0. The molecule has 0 unspecified atom stereocenters. The van der Waals surface area contributed by atoms with Crippen LogP contribution in [0.4, 0.5) is 8.78 Å². The first-order valence-electron chi connectivity index (χ1n) is 7.19. The standard InChI is InChI=1S/C16H16F2N2O/c17-14-7-6-11(8-15(14)18)16-12(10-21)9-20(19-16)13-4-2-1-3-5-13/h6-10,13H,1-5H2. The number of aldehydes is 1. The van der Waals surface area contributed by atoms with Crippen molar-refractivity contribution in [3.05, 3.63) is 41.6 Å². The first kappa shape index (κ1) is 13.9. The quantitative estimate of drug-likeness (QED) is 0.796. The highest BCUT2D eigenvalue weighted by Gasteiger charge is 2.19. The fourth-order valence-corrected chi connectivity index (χ4v) is 2.89. The Kier molecular flexibility index (Phi) is 3.82. The number of hydrogen-bond acceptors (Lipinski definition) is 2. The number of aromatic nitrogens is 2. The van der Waals surface area contributed by atoms with Gasteiger partial charge >= 0.3 is 0 Å². The van der Waals surface area contributed by atoms with Gasteiger partial charge in [0.1, 0.15) is 5.69 Å². The van der Waals surface area contributed by atoms with E-state index in [1.165, 1.54) is 12.5 Å². The fourth-order valence-electron chi connectivity index (χ4n) is 2.89. The Labute approximate surface area is 121 Å². The Bertz CT molecular complexity index is 660. The summed E-state index contributed by atoms with van der Waals surface area (Å²) in [6.45, 7) is 0. The molecule has 21 heavy (non-hydrogen) atoms.